The van der Waals surface area contributed by atoms with Crippen LogP contribution in [0.1, 0.15) is 5.76 Å². The summed E-state index contributed by atoms with van der Waals surface area (Å²) in [6.07, 6.45) is 1.44. The van der Waals surface area contributed by atoms with E-state index in [0.717, 1.165) is 0 Å². The molecule has 0 aliphatic rings. The third kappa shape index (κ3) is 1.64. The summed E-state index contributed by atoms with van der Waals surface area (Å²) in [6.45, 7) is 1.76. The van der Waals surface area contributed by atoms with Gasteiger partial charge in [-0.2, -0.15) is 0 Å². The number of aryl methyl sites for hydroxylation is 1. The van der Waals surface area contributed by atoms with Gasteiger partial charge in [0.25, 0.3) is 0 Å². The maximum Gasteiger partial charge on any atom is 0.324 e. The van der Waals surface area contributed by atoms with E-state index in [1.165, 1.54) is 6.20 Å². The monoisotopic (exact) mass is 238 g/mol. The van der Waals surface area contributed by atoms with Crippen LogP contribution < -0.4 is 5.69 Å². The van der Waals surface area contributed by atoms with Crippen molar-refractivity contribution in [2.75, 3.05) is 0 Å². The summed E-state index contributed by atoms with van der Waals surface area (Å²) in [7, 11) is 0. The molecule has 0 aliphatic heterocycles. The first kappa shape index (κ1) is 9.61. The Kier molecular flexibility index (Phi) is 2.80. The second-order valence-electron chi connectivity index (χ2n) is 2.21. The van der Waals surface area contributed by atoms with Crippen molar-refractivity contribution in [2.24, 2.45) is 0 Å². The van der Waals surface area contributed by atoms with Crippen LogP contribution in [0.3, 0.4) is 0 Å². The van der Waals surface area contributed by atoms with Crippen molar-refractivity contribution in [3.63, 3.8) is 0 Å². The fraction of sp³-hybridized carbons (Fsp3) is 0.143. The number of fused-ring (bicyclic) bond motifs is 1. The maximum absolute atomic E-state index is 10.7. The third-order valence-electron chi connectivity index (χ3n) is 1.34. The molecule has 0 spiro atoms. The summed E-state index contributed by atoms with van der Waals surface area (Å²) in [4.78, 5) is 16.6. The summed E-state index contributed by atoms with van der Waals surface area (Å²) in [6, 6.07) is 2.89. The molecule has 0 bridgehead atoms. The van der Waals surface area contributed by atoms with Crippen molar-refractivity contribution < 1.29 is 37.1 Å². The van der Waals surface area contributed by atoms with Gasteiger partial charge in [-0.1, -0.05) is 6.20 Å². The van der Waals surface area contributed by atoms with Gasteiger partial charge in [-0.3, -0.25) is 4.98 Å². The van der Waals surface area contributed by atoms with Gasteiger partial charge in [0, 0.05) is 38.5 Å². The van der Waals surface area contributed by atoms with Gasteiger partial charge >= 0.3 is 5.69 Å². The van der Waals surface area contributed by atoms with Crippen molar-refractivity contribution in [3.05, 3.63) is 28.5 Å². The molecular formula is C7H5N2O2Y-. The number of hydrogen-bond donors (Lipinski definition) is 1. The second-order valence-corrected chi connectivity index (χ2v) is 2.21. The van der Waals surface area contributed by atoms with E-state index in [0.29, 0.717) is 16.9 Å². The van der Waals surface area contributed by atoms with Crippen molar-refractivity contribution in [3.8, 4) is 0 Å². The number of hydrogen-bond acceptors (Lipinski definition) is 3. The molecule has 2 heterocycles. The molecule has 0 aliphatic carbocycles. The Bertz CT molecular complexity index is 446. The molecule has 1 N–H and O–H groups in total. The Hall–Kier alpha value is -0.476. The summed E-state index contributed by atoms with van der Waals surface area (Å²) in [5, 5.41) is 0.696. The molecule has 4 nitrogen and oxygen atoms in total. The van der Waals surface area contributed by atoms with Crippen LogP contribution in [0.25, 0.3) is 11.1 Å². The van der Waals surface area contributed by atoms with Gasteiger partial charge in [0.15, 0.2) is 0 Å². The number of furan rings is 1. The minimum Gasteiger partial charge on any atom is -0.516 e. The topological polar surface area (TPSA) is 58.9 Å². The van der Waals surface area contributed by atoms with Crippen molar-refractivity contribution >= 4 is 11.1 Å². The van der Waals surface area contributed by atoms with Crippen LogP contribution in [0.15, 0.2) is 15.4 Å². The number of aromatic amines is 1. The minimum absolute atomic E-state index is 0. The molecule has 0 amide bonds. The van der Waals surface area contributed by atoms with Crippen molar-refractivity contribution in [1.82, 2.24) is 9.97 Å². The van der Waals surface area contributed by atoms with Gasteiger partial charge in [-0.15, -0.1) is 11.5 Å². The molecule has 0 saturated heterocycles. The van der Waals surface area contributed by atoms with E-state index in [4.69, 9.17) is 4.42 Å². The average Bonchev–Trinajstić information content (AvgIpc) is 2.27. The van der Waals surface area contributed by atoms with Crippen molar-refractivity contribution in [1.29, 1.82) is 0 Å². The summed E-state index contributed by atoms with van der Waals surface area (Å²) in [5.41, 5.74) is 0.0303. The Morgan fingerprint density at radius 1 is 1.67 bits per heavy atom. The molecule has 0 fully saturated rings. The fourth-order valence-electron chi connectivity index (χ4n) is 0.916. The molecule has 59 valence electrons. The van der Waals surface area contributed by atoms with Crippen LogP contribution in [-0.2, 0) is 32.7 Å². The Labute approximate surface area is 93.3 Å². The molecule has 0 aromatic carbocycles. The van der Waals surface area contributed by atoms with Crippen LogP contribution >= 0.6 is 0 Å². The van der Waals surface area contributed by atoms with Crippen LogP contribution in [-0.4, -0.2) is 9.97 Å². The molecule has 0 saturated carbocycles. The zero-order valence-electron chi connectivity index (χ0n) is 6.42. The van der Waals surface area contributed by atoms with Gasteiger partial charge in [0.05, 0.1) is 5.71 Å². The zero-order chi connectivity index (χ0) is 7.84. The van der Waals surface area contributed by atoms with Crippen LogP contribution in [0.5, 0.6) is 0 Å². The van der Waals surface area contributed by atoms with E-state index in [-0.39, 0.29) is 32.7 Å². The summed E-state index contributed by atoms with van der Waals surface area (Å²) < 4.78 is 5.10. The van der Waals surface area contributed by atoms with E-state index in [1.807, 2.05) is 0 Å². The van der Waals surface area contributed by atoms with Gasteiger partial charge in [0.2, 0.25) is 0 Å². The van der Waals surface area contributed by atoms with Gasteiger partial charge < -0.3 is 9.40 Å². The van der Waals surface area contributed by atoms with E-state index >= 15 is 0 Å². The SMILES string of the molecule is Cc1[c-]c2cnc(=O)[nH]c2o1.[Y]. The first-order valence-electron chi connectivity index (χ1n) is 3.13. The van der Waals surface area contributed by atoms with E-state index in [2.05, 4.69) is 16.0 Å². The number of rotatable bonds is 0. The number of aromatic nitrogens is 2. The molecule has 2 rings (SSSR count). The predicted octanol–water partition coefficient (Wildman–Crippen LogP) is 0.622. The number of nitrogens with one attached hydrogen (secondary N) is 1. The quantitative estimate of drug-likeness (QED) is 0.684. The maximum atomic E-state index is 10.7. The smallest absolute Gasteiger partial charge is 0.324 e. The predicted molar refractivity (Wildman–Crippen MR) is 38.2 cm³/mol. The Morgan fingerprint density at radius 3 is 3.17 bits per heavy atom. The van der Waals surface area contributed by atoms with E-state index in [9.17, 15) is 4.79 Å². The molecule has 0 atom stereocenters. The molecule has 5 heteroatoms. The molecule has 0 unspecified atom stereocenters. The zero-order valence-corrected chi connectivity index (χ0v) is 9.26. The summed E-state index contributed by atoms with van der Waals surface area (Å²) in [5.74, 6) is 0.642. The molecule has 12 heavy (non-hydrogen) atoms. The molecule has 1 radical (unpaired) electrons. The summed E-state index contributed by atoms with van der Waals surface area (Å²) >= 11 is 0. The van der Waals surface area contributed by atoms with Crippen LogP contribution in [0.4, 0.5) is 0 Å². The second kappa shape index (κ2) is 3.50. The van der Waals surface area contributed by atoms with Crippen LogP contribution in [0.2, 0.25) is 0 Å². The molecular weight excluding hydrogens is 233 g/mol. The minimum atomic E-state index is -0.403. The Balaban J connectivity index is 0.000000720. The van der Waals surface area contributed by atoms with Gasteiger partial charge in [-0.25, -0.2) is 4.79 Å². The largest absolute Gasteiger partial charge is 0.516 e. The fourth-order valence-corrected chi connectivity index (χ4v) is 0.916. The molecule has 2 aromatic rings. The van der Waals surface area contributed by atoms with E-state index in [1.54, 1.807) is 6.92 Å². The van der Waals surface area contributed by atoms with Crippen molar-refractivity contribution in [2.45, 2.75) is 6.92 Å². The number of nitrogens with zero attached hydrogens (tertiary/aromatic N) is 1. The number of H-pyrrole nitrogens is 1. The standard InChI is InChI=1S/C7H5N2O2.Y/c1-4-2-5-3-8-7(10)9-6(5)11-4;/h3H,1H3,(H,8,9,10);/q-1;. The normalized spacial score (nSPS) is 9.75. The Morgan fingerprint density at radius 2 is 2.42 bits per heavy atom. The third-order valence-corrected chi connectivity index (χ3v) is 1.34. The van der Waals surface area contributed by atoms with E-state index < -0.39 is 5.69 Å². The van der Waals surface area contributed by atoms with Crippen LogP contribution in [0, 0.1) is 13.0 Å². The van der Waals surface area contributed by atoms with Gasteiger partial charge in [0.1, 0.15) is 0 Å². The molecule has 2 aromatic heterocycles. The van der Waals surface area contributed by atoms with Gasteiger partial charge in [-0.05, 0) is 6.92 Å². The average molecular weight is 238 g/mol. The first-order chi connectivity index (χ1) is 5.25. The first-order valence-corrected chi connectivity index (χ1v) is 3.13.